The number of benzene rings is 2. The second kappa shape index (κ2) is 6.31. The van der Waals surface area contributed by atoms with E-state index < -0.39 is 12.1 Å². The van der Waals surface area contributed by atoms with Crippen molar-refractivity contribution < 1.29 is 22.7 Å². The molecule has 0 saturated carbocycles. The summed E-state index contributed by atoms with van der Waals surface area (Å²) in [6.07, 6.45) is -4.48. The average molecular weight is 305 g/mol. The topological polar surface area (TPSA) is 50.1 Å². The molecule has 0 amide bonds. The van der Waals surface area contributed by atoms with E-state index in [1.807, 2.05) is 6.07 Å². The van der Waals surface area contributed by atoms with Gasteiger partial charge in [-0.3, -0.25) is 0 Å². The molecular weight excluding hydrogens is 295 g/mol. The Morgan fingerprint density at radius 1 is 1.09 bits per heavy atom. The SMILES string of the molecule is N#Cc1ccc(-c2ccc(OC(F)(F)F)c(CC=O)c2)cc1. The van der Waals surface area contributed by atoms with Gasteiger partial charge >= 0.3 is 6.36 Å². The van der Waals surface area contributed by atoms with E-state index in [-0.39, 0.29) is 12.0 Å². The van der Waals surface area contributed by atoms with Crippen LogP contribution in [0, 0.1) is 11.3 Å². The highest BCUT2D eigenvalue weighted by atomic mass is 19.4. The summed E-state index contributed by atoms with van der Waals surface area (Å²) in [5, 5.41) is 8.75. The molecule has 0 aliphatic heterocycles. The summed E-state index contributed by atoms with van der Waals surface area (Å²) in [5.74, 6) is -0.392. The summed E-state index contributed by atoms with van der Waals surface area (Å²) >= 11 is 0. The number of carbonyl (C=O) groups is 1. The van der Waals surface area contributed by atoms with Crippen LogP contribution in [0.25, 0.3) is 11.1 Å². The van der Waals surface area contributed by atoms with Gasteiger partial charge in [0, 0.05) is 12.0 Å². The van der Waals surface area contributed by atoms with Gasteiger partial charge in [-0.15, -0.1) is 13.2 Å². The molecule has 6 heteroatoms. The third-order valence-electron chi connectivity index (χ3n) is 2.94. The van der Waals surface area contributed by atoms with Crippen molar-refractivity contribution in [2.45, 2.75) is 12.8 Å². The monoisotopic (exact) mass is 305 g/mol. The van der Waals surface area contributed by atoms with Crippen LogP contribution in [0.5, 0.6) is 5.75 Å². The Kier molecular flexibility index (Phi) is 4.47. The number of aldehydes is 1. The maximum absolute atomic E-state index is 12.3. The van der Waals surface area contributed by atoms with Gasteiger partial charge in [0.25, 0.3) is 0 Å². The molecule has 0 N–H and O–H groups in total. The number of ether oxygens (including phenoxy) is 1. The fourth-order valence-corrected chi connectivity index (χ4v) is 1.97. The van der Waals surface area contributed by atoms with Gasteiger partial charge in [-0.2, -0.15) is 5.26 Å². The molecule has 0 aromatic heterocycles. The second-order valence-corrected chi connectivity index (χ2v) is 4.43. The molecule has 0 atom stereocenters. The molecule has 0 spiro atoms. The summed E-state index contributed by atoms with van der Waals surface area (Å²) < 4.78 is 40.9. The number of alkyl halides is 3. The van der Waals surface area contributed by atoms with E-state index in [0.29, 0.717) is 17.4 Å². The molecule has 0 saturated heterocycles. The molecule has 2 aromatic carbocycles. The minimum absolute atomic E-state index is 0.147. The molecule has 2 rings (SSSR count). The quantitative estimate of drug-likeness (QED) is 0.806. The van der Waals surface area contributed by atoms with Crippen molar-refractivity contribution in [2.75, 3.05) is 0 Å². The van der Waals surface area contributed by atoms with Crippen molar-refractivity contribution in [3.8, 4) is 22.9 Å². The van der Waals surface area contributed by atoms with Crippen molar-refractivity contribution in [3.05, 3.63) is 53.6 Å². The average Bonchev–Trinajstić information content (AvgIpc) is 2.48. The number of halogens is 3. The molecule has 0 unspecified atom stereocenters. The maximum Gasteiger partial charge on any atom is 0.573 e. The number of hydrogen-bond donors (Lipinski definition) is 0. The minimum Gasteiger partial charge on any atom is -0.405 e. The van der Waals surface area contributed by atoms with Crippen LogP contribution in [0.2, 0.25) is 0 Å². The largest absolute Gasteiger partial charge is 0.573 e. The first kappa shape index (κ1) is 15.6. The van der Waals surface area contributed by atoms with E-state index in [1.54, 1.807) is 24.3 Å². The van der Waals surface area contributed by atoms with Gasteiger partial charge in [0.05, 0.1) is 11.6 Å². The van der Waals surface area contributed by atoms with Crippen LogP contribution in [0.1, 0.15) is 11.1 Å². The molecule has 0 heterocycles. The third-order valence-corrected chi connectivity index (χ3v) is 2.94. The van der Waals surface area contributed by atoms with Crippen LogP contribution in [-0.2, 0) is 11.2 Å². The van der Waals surface area contributed by atoms with E-state index >= 15 is 0 Å². The molecular formula is C16H10F3NO2. The molecule has 22 heavy (non-hydrogen) atoms. The predicted molar refractivity (Wildman–Crippen MR) is 73.0 cm³/mol. The van der Waals surface area contributed by atoms with Gasteiger partial charge < -0.3 is 9.53 Å². The van der Waals surface area contributed by atoms with Crippen LogP contribution in [-0.4, -0.2) is 12.6 Å². The summed E-state index contributed by atoms with van der Waals surface area (Å²) in [6.45, 7) is 0. The van der Waals surface area contributed by atoms with Gasteiger partial charge in [-0.1, -0.05) is 18.2 Å². The normalized spacial score (nSPS) is 10.8. The lowest BCUT2D eigenvalue weighted by atomic mass is 10.0. The molecule has 2 aromatic rings. The van der Waals surface area contributed by atoms with E-state index in [1.165, 1.54) is 18.2 Å². The Morgan fingerprint density at radius 2 is 1.73 bits per heavy atom. The highest BCUT2D eigenvalue weighted by Gasteiger charge is 2.32. The van der Waals surface area contributed by atoms with E-state index in [0.717, 1.165) is 5.56 Å². The Labute approximate surface area is 124 Å². The van der Waals surface area contributed by atoms with Crippen LogP contribution in [0.15, 0.2) is 42.5 Å². The smallest absolute Gasteiger partial charge is 0.405 e. The minimum atomic E-state index is -4.81. The molecule has 3 nitrogen and oxygen atoms in total. The van der Waals surface area contributed by atoms with E-state index in [9.17, 15) is 18.0 Å². The lowest BCUT2D eigenvalue weighted by Gasteiger charge is -2.13. The van der Waals surface area contributed by atoms with Crippen molar-refractivity contribution >= 4 is 6.29 Å². The predicted octanol–water partition coefficient (Wildman–Crippen LogP) is 3.87. The Hall–Kier alpha value is -2.81. The maximum atomic E-state index is 12.3. The lowest BCUT2D eigenvalue weighted by molar-refractivity contribution is -0.274. The van der Waals surface area contributed by atoms with E-state index in [2.05, 4.69) is 4.74 Å². The number of nitriles is 1. The lowest BCUT2D eigenvalue weighted by Crippen LogP contribution is -2.18. The fraction of sp³-hybridized carbons (Fsp3) is 0.125. The number of nitrogens with zero attached hydrogens (tertiary/aromatic N) is 1. The summed E-state index contributed by atoms with van der Waals surface area (Å²) in [4.78, 5) is 10.7. The third kappa shape index (κ3) is 3.85. The fourth-order valence-electron chi connectivity index (χ4n) is 1.97. The summed E-state index contributed by atoms with van der Waals surface area (Å²) in [6, 6.07) is 12.7. The number of hydrogen-bond acceptors (Lipinski definition) is 3. The molecule has 0 fully saturated rings. The zero-order valence-corrected chi connectivity index (χ0v) is 11.2. The Balaban J connectivity index is 2.39. The molecule has 0 radical (unpaired) electrons. The van der Waals surface area contributed by atoms with Gasteiger partial charge in [0.15, 0.2) is 0 Å². The van der Waals surface area contributed by atoms with Gasteiger partial charge in [0.1, 0.15) is 12.0 Å². The number of carbonyl (C=O) groups excluding carboxylic acids is 1. The van der Waals surface area contributed by atoms with Crippen molar-refractivity contribution in [1.29, 1.82) is 5.26 Å². The molecule has 0 aliphatic rings. The van der Waals surface area contributed by atoms with Gasteiger partial charge in [0.2, 0.25) is 0 Å². The van der Waals surface area contributed by atoms with Crippen LogP contribution in [0.4, 0.5) is 13.2 Å². The first-order valence-corrected chi connectivity index (χ1v) is 6.26. The van der Waals surface area contributed by atoms with Crippen LogP contribution >= 0.6 is 0 Å². The zero-order chi connectivity index (χ0) is 16.2. The van der Waals surface area contributed by atoms with Crippen LogP contribution < -0.4 is 4.74 Å². The number of rotatable bonds is 4. The van der Waals surface area contributed by atoms with E-state index in [4.69, 9.17) is 5.26 Å². The first-order valence-electron chi connectivity index (χ1n) is 6.26. The van der Waals surface area contributed by atoms with Crippen molar-refractivity contribution in [3.63, 3.8) is 0 Å². The summed E-state index contributed by atoms with van der Waals surface area (Å²) in [7, 11) is 0. The van der Waals surface area contributed by atoms with Gasteiger partial charge in [-0.25, -0.2) is 0 Å². The van der Waals surface area contributed by atoms with Crippen LogP contribution in [0.3, 0.4) is 0 Å². The molecule has 0 aliphatic carbocycles. The zero-order valence-electron chi connectivity index (χ0n) is 11.2. The Bertz CT molecular complexity index is 716. The first-order chi connectivity index (χ1) is 10.4. The molecule has 112 valence electrons. The Morgan fingerprint density at radius 3 is 2.27 bits per heavy atom. The van der Waals surface area contributed by atoms with Crippen molar-refractivity contribution in [2.24, 2.45) is 0 Å². The second-order valence-electron chi connectivity index (χ2n) is 4.43. The molecule has 0 bridgehead atoms. The summed E-state index contributed by atoms with van der Waals surface area (Å²) in [5.41, 5.74) is 1.99. The highest BCUT2D eigenvalue weighted by molar-refractivity contribution is 5.68. The highest BCUT2D eigenvalue weighted by Crippen LogP contribution is 2.30. The van der Waals surface area contributed by atoms with Gasteiger partial charge in [-0.05, 0) is 35.4 Å². The standard InChI is InChI=1S/C16H10F3NO2/c17-16(18,19)22-15-6-5-13(9-14(15)7-8-21)12-3-1-11(10-20)2-4-12/h1-6,8-9H,7H2. The van der Waals surface area contributed by atoms with Crippen molar-refractivity contribution in [1.82, 2.24) is 0 Å².